The van der Waals surface area contributed by atoms with Crippen molar-refractivity contribution in [1.82, 2.24) is 0 Å². The Balaban J connectivity index is 1.76. The fourth-order valence-electron chi connectivity index (χ4n) is 3.23. The molecule has 4 atom stereocenters. The summed E-state index contributed by atoms with van der Waals surface area (Å²) in [7, 11) is 0. The highest BCUT2D eigenvalue weighted by Gasteiger charge is 2.34. The second kappa shape index (κ2) is 6.17. The van der Waals surface area contributed by atoms with E-state index in [1.54, 1.807) is 0 Å². The van der Waals surface area contributed by atoms with Crippen LogP contribution < -0.4 is 0 Å². The van der Waals surface area contributed by atoms with Gasteiger partial charge in [0.2, 0.25) is 0 Å². The maximum Gasteiger partial charge on any atom is 0.0859 e. The maximum absolute atomic E-state index is 10.1. The lowest BCUT2D eigenvalue weighted by molar-refractivity contribution is -0.110. The molecule has 3 nitrogen and oxygen atoms in total. The second-order valence-electron chi connectivity index (χ2n) is 5.97. The lowest BCUT2D eigenvalue weighted by Crippen LogP contribution is -2.42. The van der Waals surface area contributed by atoms with Gasteiger partial charge in [0.1, 0.15) is 0 Å². The molecule has 1 aliphatic heterocycles. The molecule has 100 valence electrons. The standard InChI is InChI=1S/C14H26O3/c1-10-7-11(2)14(13(15)8-10)17-9-12-3-5-16-6-4-12/h10-15H,3-9H2,1-2H3. The van der Waals surface area contributed by atoms with Crippen molar-refractivity contribution < 1.29 is 14.6 Å². The summed E-state index contributed by atoms with van der Waals surface area (Å²) >= 11 is 0. The van der Waals surface area contributed by atoms with Gasteiger partial charge < -0.3 is 14.6 Å². The van der Waals surface area contributed by atoms with Crippen LogP contribution in [0.1, 0.15) is 39.5 Å². The van der Waals surface area contributed by atoms with Gasteiger partial charge in [-0.3, -0.25) is 0 Å². The molecule has 0 aromatic carbocycles. The Labute approximate surface area is 104 Å². The van der Waals surface area contributed by atoms with Crippen molar-refractivity contribution in [2.75, 3.05) is 19.8 Å². The average Bonchev–Trinajstić information content (AvgIpc) is 2.29. The van der Waals surface area contributed by atoms with Gasteiger partial charge >= 0.3 is 0 Å². The van der Waals surface area contributed by atoms with Crippen LogP contribution in [0.3, 0.4) is 0 Å². The highest BCUT2D eigenvalue weighted by molar-refractivity contribution is 4.84. The molecule has 0 aromatic heterocycles. The molecule has 2 aliphatic rings. The minimum absolute atomic E-state index is 0.0500. The molecular formula is C14H26O3. The van der Waals surface area contributed by atoms with Crippen LogP contribution in [0.4, 0.5) is 0 Å². The first-order chi connectivity index (χ1) is 8.16. The smallest absolute Gasteiger partial charge is 0.0859 e. The number of aliphatic hydroxyl groups excluding tert-OH is 1. The summed E-state index contributed by atoms with van der Waals surface area (Å²) in [6.45, 7) is 6.95. The molecule has 17 heavy (non-hydrogen) atoms. The number of aliphatic hydroxyl groups is 1. The molecule has 1 N–H and O–H groups in total. The topological polar surface area (TPSA) is 38.7 Å². The lowest BCUT2D eigenvalue weighted by Gasteiger charge is -2.37. The van der Waals surface area contributed by atoms with E-state index in [0.29, 0.717) is 17.8 Å². The Morgan fingerprint density at radius 1 is 1.18 bits per heavy atom. The highest BCUT2D eigenvalue weighted by atomic mass is 16.5. The first-order valence-corrected chi connectivity index (χ1v) is 7.04. The largest absolute Gasteiger partial charge is 0.390 e. The molecule has 0 spiro atoms. The Bertz CT molecular complexity index is 214. The van der Waals surface area contributed by atoms with Gasteiger partial charge in [-0.1, -0.05) is 13.8 Å². The van der Waals surface area contributed by atoms with Gasteiger partial charge in [0.15, 0.2) is 0 Å². The van der Waals surface area contributed by atoms with Gasteiger partial charge in [-0.15, -0.1) is 0 Å². The number of ether oxygens (including phenoxy) is 2. The van der Waals surface area contributed by atoms with E-state index < -0.39 is 0 Å². The van der Waals surface area contributed by atoms with E-state index in [-0.39, 0.29) is 12.2 Å². The molecule has 0 amide bonds. The van der Waals surface area contributed by atoms with Crippen molar-refractivity contribution in [3.63, 3.8) is 0 Å². The Morgan fingerprint density at radius 3 is 2.53 bits per heavy atom. The molecule has 0 radical (unpaired) electrons. The van der Waals surface area contributed by atoms with Gasteiger partial charge in [0, 0.05) is 13.2 Å². The third-order valence-corrected chi connectivity index (χ3v) is 4.22. The molecule has 2 rings (SSSR count). The number of rotatable bonds is 3. The Hall–Kier alpha value is -0.120. The molecule has 4 unspecified atom stereocenters. The van der Waals surface area contributed by atoms with Gasteiger partial charge in [0.05, 0.1) is 18.8 Å². The molecule has 0 aromatic rings. The van der Waals surface area contributed by atoms with Crippen molar-refractivity contribution >= 4 is 0 Å². The molecule has 1 saturated carbocycles. The van der Waals surface area contributed by atoms with Crippen LogP contribution in [0, 0.1) is 17.8 Å². The zero-order valence-electron chi connectivity index (χ0n) is 11.1. The van der Waals surface area contributed by atoms with Crippen LogP contribution >= 0.6 is 0 Å². The average molecular weight is 242 g/mol. The summed E-state index contributed by atoms with van der Waals surface area (Å²) in [5.74, 6) is 1.74. The van der Waals surface area contributed by atoms with Crippen molar-refractivity contribution in [3.8, 4) is 0 Å². The minimum atomic E-state index is -0.270. The van der Waals surface area contributed by atoms with Crippen molar-refractivity contribution in [2.45, 2.75) is 51.7 Å². The van der Waals surface area contributed by atoms with E-state index in [1.165, 1.54) is 6.42 Å². The SMILES string of the molecule is CC1CC(C)C(OCC2CCOCC2)C(O)C1. The predicted octanol–water partition coefficient (Wildman–Crippen LogP) is 2.23. The van der Waals surface area contributed by atoms with Crippen molar-refractivity contribution in [2.24, 2.45) is 17.8 Å². The molecule has 2 fully saturated rings. The summed E-state index contributed by atoms with van der Waals surface area (Å²) in [4.78, 5) is 0. The third kappa shape index (κ3) is 3.67. The highest BCUT2D eigenvalue weighted by Crippen LogP contribution is 2.31. The summed E-state index contributed by atoms with van der Waals surface area (Å²) in [5, 5.41) is 10.1. The predicted molar refractivity (Wildman–Crippen MR) is 66.9 cm³/mol. The van der Waals surface area contributed by atoms with Crippen LogP contribution in [0.5, 0.6) is 0 Å². The molecule has 1 saturated heterocycles. The quantitative estimate of drug-likeness (QED) is 0.825. The minimum Gasteiger partial charge on any atom is -0.390 e. The van der Waals surface area contributed by atoms with E-state index in [2.05, 4.69) is 13.8 Å². The lowest BCUT2D eigenvalue weighted by atomic mass is 9.79. The second-order valence-corrected chi connectivity index (χ2v) is 5.97. The van der Waals surface area contributed by atoms with E-state index in [4.69, 9.17) is 9.47 Å². The zero-order chi connectivity index (χ0) is 12.3. The van der Waals surface area contributed by atoms with E-state index in [0.717, 1.165) is 39.1 Å². The van der Waals surface area contributed by atoms with E-state index >= 15 is 0 Å². The summed E-state index contributed by atoms with van der Waals surface area (Å²) < 4.78 is 11.3. The molecule has 0 bridgehead atoms. The normalized spacial score (nSPS) is 40.4. The van der Waals surface area contributed by atoms with Gasteiger partial charge in [-0.2, -0.15) is 0 Å². The van der Waals surface area contributed by atoms with Crippen LogP contribution in [-0.2, 0) is 9.47 Å². The molecule has 3 heteroatoms. The van der Waals surface area contributed by atoms with E-state index in [1.807, 2.05) is 0 Å². The molecule has 1 heterocycles. The van der Waals surface area contributed by atoms with Crippen LogP contribution in [0.15, 0.2) is 0 Å². The van der Waals surface area contributed by atoms with E-state index in [9.17, 15) is 5.11 Å². The van der Waals surface area contributed by atoms with Gasteiger partial charge in [-0.05, 0) is 43.4 Å². The maximum atomic E-state index is 10.1. The summed E-state index contributed by atoms with van der Waals surface area (Å²) in [5.41, 5.74) is 0. The fourth-order valence-corrected chi connectivity index (χ4v) is 3.23. The summed E-state index contributed by atoms with van der Waals surface area (Å²) in [6.07, 6.45) is 4.06. The van der Waals surface area contributed by atoms with Crippen LogP contribution in [-0.4, -0.2) is 37.1 Å². The molecular weight excluding hydrogens is 216 g/mol. The Kier molecular flexibility index (Phi) is 4.83. The number of hydrogen-bond acceptors (Lipinski definition) is 3. The third-order valence-electron chi connectivity index (χ3n) is 4.22. The van der Waals surface area contributed by atoms with Crippen molar-refractivity contribution in [1.29, 1.82) is 0 Å². The first kappa shape index (κ1) is 13.3. The monoisotopic (exact) mass is 242 g/mol. The van der Waals surface area contributed by atoms with Gasteiger partial charge in [-0.25, -0.2) is 0 Å². The number of hydrogen-bond donors (Lipinski definition) is 1. The Morgan fingerprint density at radius 2 is 1.88 bits per heavy atom. The van der Waals surface area contributed by atoms with Gasteiger partial charge in [0.25, 0.3) is 0 Å². The summed E-state index contributed by atoms with van der Waals surface area (Å²) in [6, 6.07) is 0. The fraction of sp³-hybridized carbons (Fsp3) is 1.00. The van der Waals surface area contributed by atoms with Crippen LogP contribution in [0.2, 0.25) is 0 Å². The molecule has 1 aliphatic carbocycles. The zero-order valence-corrected chi connectivity index (χ0v) is 11.1. The van der Waals surface area contributed by atoms with Crippen LogP contribution in [0.25, 0.3) is 0 Å². The van der Waals surface area contributed by atoms with Crippen molar-refractivity contribution in [3.05, 3.63) is 0 Å². The first-order valence-electron chi connectivity index (χ1n) is 7.04.